The first-order chi connectivity index (χ1) is 4.31. The molecule has 0 spiro atoms. The third-order valence-corrected chi connectivity index (χ3v) is 0.488. The van der Waals surface area contributed by atoms with Gasteiger partial charge >= 0.3 is 6.16 Å². The van der Waals surface area contributed by atoms with Crippen molar-refractivity contribution in [2.75, 3.05) is 7.11 Å². The van der Waals surface area contributed by atoms with Crippen LogP contribution in [0, 0.1) is 0 Å². The second-order valence-corrected chi connectivity index (χ2v) is 1.04. The minimum Gasteiger partial charge on any atom is -0.437 e. The number of ether oxygens (including phenoxy) is 2. The molecule has 0 saturated heterocycles. The molecule has 0 atom stereocenters. The first-order valence-electron chi connectivity index (χ1n) is 2.16. The van der Waals surface area contributed by atoms with Crippen LogP contribution in [0.3, 0.4) is 0 Å². The Kier molecular flexibility index (Phi) is 4.12. The minimum absolute atomic E-state index is 0.489. The topological polar surface area (TPSA) is 52.6 Å². The zero-order chi connectivity index (χ0) is 7.11. The number of hydrogen-bond acceptors (Lipinski definition) is 4. The van der Waals surface area contributed by atoms with Crippen molar-refractivity contribution >= 4 is 12.4 Å². The standard InChI is InChI=1S/C5H6O4/c1-8-5(7)9-4-2-3-6/h2-4H,1H3/b4-2+. The summed E-state index contributed by atoms with van der Waals surface area (Å²) in [6, 6.07) is 0. The van der Waals surface area contributed by atoms with E-state index in [1.54, 1.807) is 0 Å². The highest BCUT2D eigenvalue weighted by atomic mass is 16.7. The van der Waals surface area contributed by atoms with E-state index in [2.05, 4.69) is 9.47 Å². The van der Waals surface area contributed by atoms with Crippen LogP contribution < -0.4 is 0 Å². The Labute approximate surface area is 52.1 Å². The van der Waals surface area contributed by atoms with Gasteiger partial charge in [0.15, 0.2) is 0 Å². The monoisotopic (exact) mass is 130 g/mol. The highest BCUT2D eigenvalue weighted by Gasteiger charge is 1.92. The maximum absolute atomic E-state index is 10.1. The van der Waals surface area contributed by atoms with Crippen molar-refractivity contribution in [2.24, 2.45) is 0 Å². The third-order valence-electron chi connectivity index (χ3n) is 0.488. The Bertz CT molecular complexity index is 127. The molecule has 0 aromatic rings. The lowest BCUT2D eigenvalue weighted by Gasteiger charge is -1.91. The van der Waals surface area contributed by atoms with Crippen molar-refractivity contribution < 1.29 is 19.1 Å². The van der Waals surface area contributed by atoms with Crippen molar-refractivity contribution in [1.29, 1.82) is 0 Å². The summed E-state index contributed by atoms with van der Waals surface area (Å²) >= 11 is 0. The van der Waals surface area contributed by atoms with Gasteiger partial charge < -0.3 is 9.47 Å². The largest absolute Gasteiger partial charge is 0.512 e. The minimum atomic E-state index is -0.840. The molecule has 0 bridgehead atoms. The summed E-state index contributed by atoms with van der Waals surface area (Å²) in [6.45, 7) is 0. The summed E-state index contributed by atoms with van der Waals surface area (Å²) in [5, 5.41) is 0. The molecule has 0 N–H and O–H groups in total. The summed E-state index contributed by atoms with van der Waals surface area (Å²) in [7, 11) is 1.18. The zero-order valence-corrected chi connectivity index (χ0v) is 4.87. The lowest BCUT2D eigenvalue weighted by Crippen LogP contribution is -1.97. The molecule has 0 fully saturated rings. The molecular weight excluding hydrogens is 124 g/mol. The van der Waals surface area contributed by atoms with Gasteiger partial charge in [-0.15, -0.1) is 0 Å². The van der Waals surface area contributed by atoms with Crippen molar-refractivity contribution in [3.05, 3.63) is 12.3 Å². The number of allylic oxidation sites excluding steroid dienone is 1. The highest BCUT2D eigenvalue weighted by molar-refractivity contribution is 5.66. The van der Waals surface area contributed by atoms with Gasteiger partial charge in [-0.1, -0.05) is 0 Å². The van der Waals surface area contributed by atoms with Gasteiger partial charge in [-0.3, -0.25) is 4.79 Å². The molecule has 0 aromatic carbocycles. The Morgan fingerprint density at radius 3 is 2.67 bits per heavy atom. The lowest BCUT2D eigenvalue weighted by atomic mass is 10.7. The van der Waals surface area contributed by atoms with Gasteiger partial charge in [0.25, 0.3) is 0 Å². The number of carbonyl (C=O) groups is 2. The van der Waals surface area contributed by atoms with E-state index in [0.717, 1.165) is 12.3 Å². The molecular formula is C5H6O4. The van der Waals surface area contributed by atoms with Crippen LogP contribution >= 0.6 is 0 Å². The second-order valence-electron chi connectivity index (χ2n) is 1.04. The van der Waals surface area contributed by atoms with Crippen LogP contribution in [0.25, 0.3) is 0 Å². The quantitative estimate of drug-likeness (QED) is 0.236. The van der Waals surface area contributed by atoms with Gasteiger partial charge in [-0.2, -0.15) is 0 Å². The van der Waals surface area contributed by atoms with Crippen LogP contribution in [0.2, 0.25) is 0 Å². The third kappa shape index (κ3) is 4.53. The number of rotatable bonds is 2. The van der Waals surface area contributed by atoms with Gasteiger partial charge in [0.2, 0.25) is 0 Å². The van der Waals surface area contributed by atoms with E-state index in [4.69, 9.17) is 0 Å². The molecule has 0 aliphatic heterocycles. The van der Waals surface area contributed by atoms with Crippen molar-refractivity contribution in [3.63, 3.8) is 0 Å². The van der Waals surface area contributed by atoms with Crippen LogP contribution in [0.1, 0.15) is 0 Å². The summed E-state index contributed by atoms with van der Waals surface area (Å²) in [4.78, 5) is 19.6. The fourth-order valence-electron chi connectivity index (χ4n) is 0.175. The average Bonchev–Trinajstić information content (AvgIpc) is 1.89. The van der Waals surface area contributed by atoms with Gasteiger partial charge in [-0.05, 0) is 0 Å². The maximum Gasteiger partial charge on any atom is 0.512 e. The molecule has 0 rings (SSSR count). The van der Waals surface area contributed by atoms with E-state index in [1.165, 1.54) is 7.11 Å². The van der Waals surface area contributed by atoms with Crippen LogP contribution in [0.4, 0.5) is 4.79 Å². The molecule has 9 heavy (non-hydrogen) atoms. The van der Waals surface area contributed by atoms with Crippen LogP contribution in [-0.2, 0) is 14.3 Å². The lowest BCUT2D eigenvalue weighted by molar-refractivity contribution is -0.104. The fraction of sp³-hybridized carbons (Fsp3) is 0.200. The molecule has 0 aliphatic rings. The molecule has 0 heterocycles. The normalized spacial score (nSPS) is 9.00. The Hall–Kier alpha value is -1.32. The van der Waals surface area contributed by atoms with Crippen molar-refractivity contribution in [1.82, 2.24) is 0 Å². The molecule has 0 aliphatic carbocycles. The predicted molar refractivity (Wildman–Crippen MR) is 28.7 cm³/mol. The van der Waals surface area contributed by atoms with E-state index in [9.17, 15) is 9.59 Å². The molecule has 4 heteroatoms. The maximum atomic E-state index is 10.1. The van der Waals surface area contributed by atoms with Crippen LogP contribution in [-0.4, -0.2) is 19.6 Å². The van der Waals surface area contributed by atoms with Crippen molar-refractivity contribution in [3.8, 4) is 0 Å². The molecule has 0 radical (unpaired) electrons. The first kappa shape index (κ1) is 7.68. The summed E-state index contributed by atoms with van der Waals surface area (Å²) in [5.41, 5.74) is 0. The van der Waals surface area contributed by atoms with Gasteiger partial charge in [0.1, 0.15) is 12.5 Å². The zero-order valence-electron chi connectivity index (χ0n) is 4.87. The summed E-state index contributed by atoms with van der Waals surface area (Å²) in [6.07, 6.45) is 1.63. The molecule has 0 aromatic heterocycles. The Morgan fingerprint density at radius 1 is 1.56 bits per heavy atom. The molecule has 0 amide bonds. The second kappa shape index (κ2) is 4.83. The van der Waals surface area contributed by atoms with Gasteiger partial charge in [0.05, 0.1) is 7.11 Å². The van der Waals surface area contributed by atoms with E-state index in [-0.39, 0.29) is 0 Å². The molecule has 0 saturated carbocycles. The smallest absolute Gasteiger partial charge is 0.437 e. The van der Waals surface area contributed by atoms with Crippen molar-refractivity contribution in [2.45, 2.75) is 0 Å². The number of carbonyl (C=O) groups excluding carboxylic acids is 2. The van der Waals surface area contributed by atoms with E-state index >= 15 is 0 Å². The fourth-order valence-corrected chi connectivity index (χ4v) is 0.175. The average molecular weight is 130 g/mol. The number of aldehydes is 1. The Balaban J connectivity index is 3.37. The van der Waals surface area contributed by atoms with E-state index in [1.807, 2.05) is 0 Å². The summed E-state index contributed by atoms with van der Waals surface area (Å²) < 4.78 is 8.23. The first-order valence-corrected chi connectivity index (χ1v) is 2.16. The molecule has 4 nitrogen and oxygen atoms in total. The highest BCUT2D eigenvalue weighted by Crippen LogP contribution is 1.81. The SMILES string of the molecule is COC(=O)O/C=C/C=O. The van der Waals surface area contributed by atoms with Gasteiger partial charge in [0, 0.05) is 6.08 Å². The van der Waals surface area contributed by atoms with E-state index in [0.29, 0.717) is 6.29 Å². The molecule has 50 valence electrons. The summed E-state index contributed by atoms with van der Waals surface area (Å²) in [5.74, 6) is 0. The predicted octanol–water partition coefficient (Wildman–Crippen LogP) is 0.482. The van der Waals surface area contributed by atoms with Crippen LogP contribution in [0.5, 0.6) is 0 Å². The van der Waals surface area contributed by atoms with Gasteiger partial charge in [-0.25, -0.2) is 4.79 Å². The van der Waals surface area contributed by atoms with E-state index < -0.39 is 6.16 Å². The Morgan fingerprint density at radius 2 is 2.22 bits per heavy atom. The van der Waals surface area contributed by atoms with Crippen LogP contribution in [0.15, 0.2) is 12.3 Å². The number of hydrogen-bond donors (Lipinski definition) is 0. The number of methoxy groups -OCH3 is 1. The molecule has 0 unspecified atom stereocenters.